The summed E-state index contributed by atoms with van der Waals surface area (Å²) >= 11 is 5.28. The molecule has 0 heterocycles. The van der Waals surface area contributed by atoms with Crippen molar-refractivity contribution < 1.29 is 14.3 Å². The highest BCUT2D eigenvalue weighted by Gasteiger charge is 2.08. The Morgan fingerprint density at radius 3 is 2.39 bits per heavy atom. The standard InChI is InChI=1S/C26H25BrO3S/c1-3-29-26(28)18-30-25-14-13-23(17-19(25)2)31-16-15-24(20-7-5-4-6-8-20)21-9-11-22(27)12-10-21/h4-15,17H,3,16,18H2,1-2H3/b24-15+. The summed E-state index contributed by atoms with van der Waals surface area (Å²) in [6, 6.07) is 24.8. The van der Waals surface area contributed by atoms with E-state index in [0.29, 0.717) is 12.4 Å². The number of hydrogen-bond donors (Lipinski definition) is 0. The molecular formula is C26H25BrO3S. The van der Waals surface area contributed by atoms with Gasteiger partial charge in [-0.3, -0.25) is 0 Å². The van der Waals surface area contributed by atoms with E-state index in [1.165, 1.54) is 16.7 Å². The van der Waals surface area contributed by atoms with Crippen molar-refractivity contribution in [2.24, 2.45) is 0 Å². The molecule has 0 aliphatic heterocycles. The third kappa shape index (κ3) is 7.01. The molecule has 3 aromatic rings. The first-order valence-corrected chi connectivity index (χ1v) is 11.9. The van der Waals surface area contributed by atoms with E-state index in [9.17, 15) is 4.79 Å². The quantitative estimate of drug-likeness (QED) is 0.237. The largest absolute Gasteiger partial charge is 0.482 e. The number of hydrogen-bond acceptors (Lipinski definition) is 4. The molecule has 3 nitrogen and oxygen atoms in total. The van der Waals surface area contributed by atoms with Crippen LogP contribution in [0.15, 0.2) is 88.2 Å². The van der Waals surface area contributed by atoms with E-state index in [0.717, 1.165) is 20.7 Å². The molecule has 0 radical (unpaired) electrons. The molecule has 3 rings (SSSR count). The van der Waals surface area contributed by atoms with Gasteiger partial charge in [0.2, 0.25) is 0 Å². The van der Waals surface area contributed by atoms with E-state index in [2.05, 4.69) is 76.6 Å². The summed E-state index contributed by atoms with van der Waals surface area (Å²) in [7, 11) is 0. The second-order valence-corrected chi connectivity index (χ2v) is 8.83. The Balaban J connectivity index is 1.70. The summed E-state index contributed by atoms with van der Waals surface area (Å²) in [5.41, 5.74) is 4.60. The maximum absolute atomic E-state index is 11.5. The molecule has 0 spiro atoms. The Labute approximate surface area is 196 Å². The van der Waals surface area contributed by atoms with Gasteiger partial charge in [0.25, 0.3) is 0 Å². The predicted molar refractivity (Wildman–Crippen MR) is 132 cm³/mol. The van der Waals surface area contributed by atoms with Crippen molar-refractivity contribution in [3.05, 3.63) is 100 Å². The minimum absolute atomic E-state index is 0.0719. The number of carbonyl (C=O) groups is 1. The number of halogens is 1. The van der Waals surface area contributed by atoms with Gasteiger partial charge in [-0.15, -0.1) is 11.8 Å². The number of ether oxygens (including phenoxy) is 2. The van der Waals surface area contributed by atoms with E-state index in [-0.39, 0.29) is 12.6 Å². The first-order valence-electron chi connectivity index (χ1n) is 10.1. The van der Waals surface area contributed by atoms with Gasteiger partial charge in [0.05, 0.1) is 6.61 Å². The number of thioether (sulfide) groups is 1. The number of rotatable bonds is 9. The Hall–Kier alpha value is -2.50. The SMILES string of the molecule is CCOC(=O)COc1ccc(SC/C=C(\c2ccccc2)c2ccc(Br)cc2)cc1C. The highest BCUT2D eigenvalue weighted by molar-refractivity contribution is 9.10. The molecule has 0 aromatic heterocycles. The molecule has 0 amide bonds. The molecule has 0 bridgehead atoms. The zero-order valence-corrected chi connectivity index (χ0v) is 20.0. The Morgan fingerprint density at radius 2 is 1.71 bits per heavy atom. The van der Waals surface area contributed by atoms with Crippen LogP contribution >= 0.6 is 27.7 Å². The lowest BCUT2D eigenvalue weighted by Gasteiger charge is -2.11. The first-order chi connectivity index (χ1) is 15.1. The van der Waals surface area contributed by atoms with Gasteiger partial charge in [0, 0.05) is 15.1 Å². The molecule has 0 fully saturated rings. The smallest absolute Gasteiger partial charge is 0.344 e. The molecule has 0 atom stereocenters. The Kier molecular flexibility index (Phi) is 8.80. The zero-order chi connectivity index (χ0) is 22.1. The van der Waals surface area contributed by atoms with E-state index < -0.39 is 0 Å². The van der Waals surface area contributed by atoms with Gasteiger partial charge < -0.3 is 9.47 Å². The van der Waals surface area contributed by atoms with Crippen molar-refractivity contribution in [2.45, 2.75) is 18.7 Å². The van der Waals surface area contributed by atoms with Gasteiger partial charge in [0.1, 0.15) is 5.75 Å². The molecular weight excluding hydrogens is 472 g/mol. The summed E-state index contributed by atoms with van der Waals surface area (Å²) in [6.45, 7) is 4.05. The monoisotopic (exact) mass is 496 g/mol. The number of aryl methyl sites for hydroxylation is 1. The van der Waals surface area contributed by atoms with Crippen LogP contribution in [-0.2, 0) is 9.53 Å². The van der Waals surface area contributed by atoms with Gasteiger partial charge in [-0.2, -0.15) is 0 Å². The topological polar surface area (TPSA) is 35.5 Å². The zero-order valence-electron chi connectivity index (χ0n) is 17.6. The summed E-state index contributed by atoms with van der Waals surface area (Å²) in [5.74, 6) is 1.18. The van der Waals surface area contributed by atoms with Gasteiger partial charge in [-0.1, -0.05) is 64.5 Å². The maximum Gasteiger partial charge on any atom is 0.344 e. The number of esters is 1. The summed E-state index contributed by atoms with van der Waals surface area (Å²) < 4.78 is 11.5. The molecule has 0 aliphatic carbocycles. The summed E-state index contributed by atoms with van der Waals surface area (Å²) in [4.78, 5) is 12.6. The fraction of sp³-hybridized carbons (Fsp3) is 0.192. The van der Waals surface area contributed by atoms with E-state index in [1.54, 1.807) is 18.7 Å². The molecule has 160 valence electrons. The van der Waals surface area contributed by atoms with Crippen molar-refractivity contribution in [2.75, 3.05) is 19.0 Å². The third-order valence-corrected chi connectivity index (χ3v) is 6.02. The van der Waals surface area contributed by atoms with Crippen LogP contribution in [0.25, 0.3) is 5.57 Å². The van der Waals surface area contributed by atoms with Gasteiger partial charge in [-0.25, -0.2) is 4.79 Å². The average Bonchev–Trinajstić information content (AvgIpc) is 2.78. The van der Waals surface area contributed by atoms with E-state index in [1.807, 2.05) is 25.1 Å². The van der Waals surface area contributed by atoms with Crippen LogP contribution in [0.2, 0.25) is 0 Å². The van der Waals surface area contributed by atoms with Gasteiger partial charge >= 0.3 is 5.97 Å². The molecule has 0 saturated heterocycles. The molecule has 5 heteroatoms. The lowest BCUT2D eigenvalue weighted by molar-refractivity contribution is -0.145. The summed E-state index contributed by atoms with van der Waals surface area (Å²) in [5, 5.41) is 0. The van der Waals surface area contributed by atoms with Crippen LogP contribution in [0.1, 0.15) is 23.6 Å². The van der Waals surface area contributed by atoms with Crippen molar-refractivity contribution in [3.8, 4) is 5.75 Å². The van der Waals surface area contributed by atoms with Crippen molar-refractivity contribution >= 4 is 39.2 Å². The van der Waals surface area contributed by atoms with Crippen LogP contribution in [0.3, 0.4) is 0 Å². The van der Waals surface area contributed by atoms with Crippen molar-refractivity contribution in [1.82, 2.24) is 0 Å². The molecule has 0 saturated carbocycles. The Morgan fingerprint density at radius 1 is 1.00 bits per heavy atom. The molecule has 0 unspecified atom stereocenters. The molecule has 3 aromatic carbocycles. The summed E-state index contributed by atoms with van der Waals surface area (Å²) in [6.07, 6.45) is 2.27. The van der Waals surface area contributed by atoms with Crippen molar-refractivity contribution in [1.29, 1.82) is 0 Å². The minimum atomic E-state index is -0.355. The molecule has 31 heavy (non-hydrogen) atoms. The lowest BCUT2D eigenvalue weighted by Crippen LogP contribution is -2.14. The predicted octanol–water partition coefficient (Wildman–Crippen LogP) is 6.92. The van der Waals surface area contributed by atoms with Gasteiger partial charge in [0.15, 0.2) is 6.61 Å². The van der Waals surface area contributed by atoms with E-state index >= 15 is 0 Å². The average molecular weight is 497 g/mol. The lowest BCUT2D eigenvalue weighted by atomic mass is 9.98. The Bertz CT molecular complexity index is 1030. The second kappa shape index (κ2) is 11.8. The van der Waals surface area contributed by atoms with Crippen molar-refractivity contribution in [3.63, 3.8) is 0 Å². The fourth-order valence-electron chi connectivity index (χ4n) is 3.08. The van der Waals surface area contributed by atoms with Crippen LogP contribution in [0.5, 0.6) is 5.75 Å². The van der Waals surface area contributed by atoms with Crippen LogP contribution < -0.4 is 4.74 Å². The van der Waals surface area contributed by atoms with Crippen LogP contribution in [-0.4, -0.2) is 24.9 Å². The fourth-order valence-corrected chi connectivity index (χ4v) is 4.21. The van der Waals surface area contributed by atoms with Crippen LogP contribution in [0, 0.1) is 6.92 Å². The number of benzene rings is 3. The minimum Gasteiger partial charge on any atom is -0.482 e. The van der Waals surface area contributed by atoms with E-state index in [4.69, 9.17) is 9.47 Å². The molecule has 0 N–H and O–H groups in total. The first kappa shape index (κ1) is 23.2. The normalized spacial score (nSPS) is 11.3. The molecule has 0 aliphatic rings. The van der Waals surface area contributed by atoms with Crippen LogP contribution in [0.4, 0.5) is 0 Å². The van der Waals surface area contributed by atoms with Gasteiger partial charge in [-0.05, 0) is 66.4 Å². The number of carbonyl (C=O) groups excluding carboxylic acids is 1. The maximum atomic E-state index is 11.5. The highest BCUT2D eigenvalue weighted by atomic mass is 79.9. The third-order valence-electron chi connectivity index (χ3n) is 4.57. The second-order valence-electron chi connectivity index (χ2n) is 6.82. The highest BCUT2D eigenvalue weighted by Crippen LogP contribution is 2.29.